The van der Waals surface area contributed by atoms with Crippen LogP contribution in [0.25, 0.3) is 0 Å². The van der Waals surface area contributed by atoms with Crippen molar-refractivity contribution in [3.05, 3.63) is 28.8 Å². The zero-order chi connectivity index (χ0) is 12.3. The number of aliphatic hydroxyl groups excluding tert-OH is 1. The summed E-state index contributed by atoms with van der Waals surface area (Å²) in [6.45, 7) is 7.56. The third-order valence-electron chi connectivity index (χ3n) is 3.37. The Balaban J connectivity index is 2.12. The number of hydrogen-bond acceptors (Lipinski definition) is 3. The van der Waals surface area contributed by atoms with Crippen LogP contribution in [0.4, 0.5) is 5.69 Å². The topological polar surface area (TPSA) is 26.7 Å². The van der Waals surface area contributed by atoms with Gasteiger partial charge in [0, 0.05) is 42.5 Å². The molecule has 0 saturated carbocycles. The number of benzene rings is 1. The highest BCUT2D eigenvalue weighted by molar-refractivity contribution is 6.30. The SMILES string of the molecule is CCN1CCN(c2ccc(Cl)cc2CO)CC1. The summed E-state index contributed by atoms with van der Waals surface area (Å²) in [5.41, 5.74) is 2.04. The molecule has 1 aromatic carbocycles. The third-order valence-corrected chi connectivity index (χ3v) is 3.61. The largest absolute Gasteiger partial charge is 0.392 e. The van der Waals surface area contributed by atoms with Crippen molar-refractivity contribution in [2.24, 2.45) is 0 Å². The lowest BCUT2D eigenvalue weighted by atomic mass is 10.1. The molecule has 0 spiro atoms. The fourth-order valence-corrected chi connectivity index (χ4v) is 2.49. The summed E-state index contributed by atoms with van der Waals surface area (Å²) in [5.74, 6) is 0. The van der Waals surface area contributed by atoms with E-state index in [0.29, 0.717) is 5.02 Å². The van der Waals surface area contributed by atoms with Gasteiger partial charge in [0.05, 0.1) is 6.61 Å². The van der Waals surface area contributed by atoms with Gasteiger partial charge in [0.2, 0.25) is 0 Å². The van der Waals surface area contributed by atoms with E-state index in [1.807, 2.05) is 18.2 Å². The van der Waals surface area contributed by atoms with Crippen LogP contribution in [-0.4, -0.2) is 42.7 Å². The number of likely N-dealkylation sites (N-methyl/N-ethyl adjacent to an activating group) is 1. The van der Waals surface area contributed by atoms with Crippen LogP contribution in [-0.2, 0) is 6.61 Å². The highest BCUT2D eigenvalue weighted by Crippen LogP contribution is 2.25. The van der Waals surface area contributed by atoms with Crippen LogP contribution < -0.4 is 4.90 Å². The van der Waals surface area contributed by atoms with E-state index in [9.17, 15) is 5.11 Å². The van der Waals surface area contributed by atoms with Crippen LogP contribution >= 0.6 is 11.6 Å². The number of anilines is 1. The molecule has 17 heavy (non-hydrogen) atoms. The molecule has 1 aliphatic rings. The smallest absolute Gasteiger partial charge is 0.0702 e. The number of rotatable bonds is 3. The average molecular weight is 255 g/mol. The number of hydrogen-bond donors (Lipinski definition) is 1. The normalized spacial score (nSPS) is 17.5. The molecule has 1 N–H and O–H groups in total. The second kappa shape index (κ2) is 5.71. The molecule has 2 rings (SSSR count). The van der Waals surface area contributed by atoms with Crippen LogP contribution in [0, 0.1) is 0 Å². The Morgan fingerprint density at radius 3 is 2.53 bits per heavy atom. The summed E-state index contributed by atoms with van der Waals surface area (Å²) in [5, 5.41) is 10.1. The van der Waals surface area contributed by atoms with Crippen LogP contribution in [0.1, 0.15) is 12.5 Å². The van der Waals surface area contributed by atoms with E-state index in [4.69, 9.17) is 11.6 Å². The van der Waals surface area contributed by atoms with E-state index >= 15 is 0 Å². The lowest BCUT2D eigenvalue weighted by molar-refractivity contribution is 0.267. The van der Waals surface area contributed by atoms with Crippen molar-refractivity contribution in [3.8, 4) is 0 Å². The molecular weight excluding hydrogens is 236 g/mol. The van der Waals surface area contributed by atoms with E-state index in [2.05, 4.69) is 16.7 Å². The van der Waals surface area contributed by atoms with E-state index in [1.54, 1.807) is 0 Å². The Labute approximate surface area is 108 Å². The fraction of sp³-hybridized carbons (Fsp3) is 0.538. The molecule has 0 radical (unpaired) electrons. The van der Waals surface area contributed by atoms with Crippen molar-refractivity contribution in [2.75, 3.05) is 37.6 Å². The van der Waals surface area contributed by atoms with Crippen LogP contribution in [0.2, 0.25) is 5.02 Å². The minimum Gasteiger partial charge on any atom is -0.392 e. The van der Waals surface area contributed by atoms with Crippen LogP contribution in [0.5, 0.6) is 0 Å². The summed E-state index contributed by atoms with van der Waals surface area (Å²) in [6, 6.07) is 5.75. The van der Waals surface area contributed by atoms with Gasteiger partial charge in [-0.3, -0.25) is 0 Å². The van der Waals surface area contributed by atoms with Gasteiger partial charge in [-0.2, -0.15) is 0 Å². The number of nitrogens with zero attached hydrogens (tertiary/aromatic N) is 2. The van der Waals surface area contributed by atoms with Crippen molar-refractivity contribution in [3.63, 3.8) is 0 Å². The summed E-state index contributed by atoms with van der Waals surface area (Å²) >= 11 is 5.94. The Morgan fingerprint density at radius 2 is 1.94 bits per heavy atom. The van der Waals surface area contributed by atoms with Gasteiger partial charge in [-0.25, -0.2) is 0 Å². The van der Waals surface area contributed by atoms with E-state index in [0.717, 1.165) is 44.0 Å². The summed E-state index contributed by atoms with van der Waals surface area (Å²) in [7, 11) is 0. The van der Waals surface area contributed by atoms with E-state index in [1.165, 1.54) is 0 Å². The number of halogens is 1. The minimum absolute atomic E-state index is 0.0455. The molecule has 1 aliphatic heterocycles. The van der Waals surface area contributed by atoms with Gasteiger partial charge >= 0.3 is 0 Å². The molecule has 3 nitrogen and oxygen atoms in total. The number of piperazine rings is 1. The predicted molar refractivity (Wildman–Crippen MR) is 71.7 cm³/mol. The summed E-state index contributed by atoms with van der Waals surface area (Å²) < 4.78 is 0. The van der Waals surface area contributed by atoms with Gasteiger partial charge in [0.25, 0.3) is 0 Å². The molecule has 0 aliphatic carbocycles. The molecule has 1 aromatic rings. The first-order valence-corrected chi connectivity index (χ1v) is 6.49. The first-order valence-electron chi connectivity index (χ1n) is 6.11. The van der Waals surface area contributed by atoms with Gasteiger partial charge < -0.3 is 14.9 Å². The first kappa shape index (κ1) is 12.7. The van der Waals surface area contributed by atoms with E-state index in [-0.39, 0.29) is 6.61 Å². The van der Waals surface area contributed by atoms with Crippen molar-refractivity contribution < 1.29 is 5.11 Å². The first-order chi connectivity index (χ1) is 8.24. The standard InChI is InChI=1S/C13H19ClN2O/c1-2-15-5-7-16(8-6-15)13-4-3-12(14)9-11(13)10-17/h3-4,9,17H,2,5-8,10H2,1H3. The molecule has 0 aromatic heterocycles. The third kappa shape index (κ3) is 2.92. The molecule has 1 heterocycles. The van der Waals surface area contributed by atoms with Gasteiger partial charge in [-0.05, 0) is 24.7 Å². The van der Waals surface area contributed by atoms with Gasteiger partial charge in [0.15, 0.2) is 0 Å². The molecule has 0 amide bonds. The molecular formula is C13H19ClN2O. The molecule has 4 heteroatoms. The fourth-order valence-electron chi connectivity index (χ4n) is 2.29. The predicted octanol–water partition coefficient (Wildman–Crippen LogP) is 1.97. The highest BCUT2D eigenvalue weighted by atomic mass is 35.5. The van der Waals surface area contributed by atoms with Gasteiger partial charge in [0.1, 0.15) is 0 Å². The van der Waals surface area contributed by atoms with Gasteiger partial charge in [-0.1, -0.05) is 18.5 Å². The molecule has 0 atom stereocenters. The number of aliphatic hydroxyl groups is 1. The molecule has 94 valence electrons. The maximum atomic E-state index is 9.38. The second-order valence-corrected chi connectivity index (χ2v) is 4.79. The molecule has 1 saturated heterocycles. The Kier molecular flexibility index (Phi) is 4.26. The highest BCUT2D eigenvalue weighted by Gasteiger charge is 2.17. The summed E-state index contributed by atoms with van der Waals surface area (Å²) in [6.07, 6.45) is 0. The maximum absolute atomic E-state index is 9.38. The lowest BCUT2D eigenvalue weighted by Crippen LogP contribution is -2.46. The molecule has 0 unspecified atom stereocenters. The average Bonchev–Trinajstić information content (AvgIpc) is 2.39. The van der Waals surface area contributed by atoms with E-state index < -0.39 is 0 Å². The molecule has 1 fully saturated rings. The quantitative estimate of drug-likeness (QED) is 0.894. The Bertz CT molecular complexity index is 376. The maximum Gasteiger partial charge on any atom is 0.0702 e. The zero-order valence-corrected chi connectivity index (χ0v) is 11.0. The van der Waals surface area contributed by atoms with Crippen molar-refractivity contribution in [2.45, 2.75) is 13.5 Å². The van der Waals surface area contributed by atoms with Gasteiger partial charge in [-0.15, -0.1) is 0 Å². The second-order valence-electron chi connectivity index (χ2n) is 4.35. The summed E-state index contributed by atoms with van der Waals surface area (Å²) in [4.78, 5) is 4.76. The van der Waals surface area contributed by atoms with Crippen molar-refractivity contribution in [1.82, 2.24) is 4.90 Å². The Hall–Kier alpha value is -0.770. The Morgan fingerprint density at radius 1 is 1.24 bits per heavy atom. The monoisotopic (exact) mass is 254 g/mol. The van der Waals surface area contributed by atoms with Crippen molar-refractivity contribution >= 4 is 17.3 Å². The van der Waals surface area contributed by atoms with Crippen molar-refractivity contribution in [1.29, 1.82) is 0 Å². The lowest BCUT2D eigenvalue weighted by Gasteiger charge is -2.36. The minimum atomic E-state index is 0.0455. The van der Waals surface area contributed by atoms with Crippen LogP contribution in [0.3, 0.4) is 0 Å². The molecule has 0 bridgehead atoms. The zero-order valence-electron chi connectivity index (χ0n) is 10.2. The van der Waals surface area contributed by atoms with Crippen LogP contribution in [0.15, 0.2) is 18.2 Å².